The number of amides is 1. The fraction of sp³-hybridized carbons (Fsp3) is 0.533. The Bertz CT molecular complexity index is 448. The van der Waals surface area contributed by atoms with Crippen LogP contribution in [0, 0.1) is 11.3 Å². The van der Waals surface area contributed by atoms with Gasteiger partial charge in [0, 0.05) is 13.1 Å². The second-order valence-corrected chi connectivity index (χ2v) is 6.12. The lowest BCUT2D eigenvalue weighted by molar-refractivity contribution is 0.0773. The van der Waals surface area contributed by atoms with Crippen molar-refractivity contribution in [2.24, 2.45) is 11.3 Å². The monoisotopic (exact) mass is 247 g/mol. The van der Waals surface area contributed by atoms with Crippen molar-refractivity contribution in [2.75, 3.05) is 13.1 Å². The van der Waals surface area contributed by atoms with Gasteiger partial charge in [-0.05, 0) is 29.9 Å². The molecule has 1 aromatic rings. The second-order valence-electron chi connectivity index (χ2n) is 6.12. The molecule has 1 N–H and O–H groups in total. The van der Waals surface area contributed by atoms with Crippen molar-refractivity contribution >= 4 is 5.91 Å². The van der Waals surface area contributed by atoms with Crippen LogP contribution in [0.3, 0.4) is 0 Å². The molecule has 3 heteroatoms. The van der Waals surface area contributed by atoms with Crippen LogP contribution in [0.5, 0.6) is 5.75 Å². The van der Waals surface area contributed by atoms with Crippen molar-refractivity contribution in [2.45, 2.75) is 27.2 Å². The molecule has 1 saturated heterocycles. The van der Waals surface area contributed by atoms with Gasteiger partial charge in [0.05, 0.1) is 5.56 Å². The van der Waals surface area contributed by atoms with Crippen molar-refractivity contribution in [3.8, 4) is 5.75 Å². The van der Waals surface area contributed by atoms with Crippen LogP contribution in [0.1, 0.15) is 37.6 Å². The minimum absolute atomic E-state index is 0.0557. The number of hydrogen-bond donors (Lipinski definition) is 1. The molecule has 3 nitrogen and oxygen atoms in total. The Kier molecular flexibility index (Phi) is 3.33. The standard InChI is InChI=1S/C15H21NO2/c1-15(2,3)11-8-9-16(10-11)14(18)12-6-4-5-7-13(12)17/h4-7,11,17H,8-10H2,1-3H3. The highest BCUT2D eigenvalue weighted by Gasteiger charge is 2.34. The average Bonchev–Trinajstić information content (AvgIpc) is 2.77. The number of likely N-dealkylation sites (tertiary alicyclic amines) is 1. The lowest BCUT2D eigenvalue weighted by Gasteiger charge is -2.27. The quantitative estimate of drug-likeness (QED) is 0.829. The topological polar surface area (TPSA) is 40.5 Å². The maximum atomic E-state index is 12.3. The number of phenols is 1. The van der Waals surface area contributed by atoms with E-state index in [1.54, 1.807) is 24.3 Å². The van der Waals surface area contributed by atoms with Gasteiger partial charge in [-0.1, -0.05) is 32.9 Å². The predicted molar refractivity (Wildman–Crippen MR) is 71.6 cm³/mol. The molecule has 1 aliphatic rings. The van der Waals surface area contributed by atoms with E-state index >= 15 is 0 Å². The number of aromatic hydroxyl groups is 1. The molecule has 18 heavy (non-hydrogen) atoms. The first-order valence-corrected chi connectivity index (χ1v) is 6.47. The number of hydrogen-bond acceptors (Lipinski definition) is 2. The van der Waals surface area contributed by atoms with E-state index in [-0.39, 0.29) is 17.1 Å². The van der Waals surface area contributed by atoms with E-state index in [4.69, 9.17) is 0 Å². The maximum Gasteiger partial charge on any atom is 0.257 e. The first-order valence-electron chi connectivity index (χ1n) is 6.47. The Morgan fingerprint density at radius 3 is 2.56 bits per heavy atom. The van der Waals surface area contributed by atoms with Crippen molar-refractivity contribution in [1.82, 2.24) is 4.90 Å². The molecule has 1 heterocycles. The van der Waals surface area contributed by atoms with Gasteiger partial charge >= 0.3 is 0 Å². The third-order valence-corrected chi connectivity index (χ3v) is 3.83. The summed E-state index contributed by atoms with van der Waals surface area (Å²) in [7, 11) is 0. The van der Waals surface area contributed by atoms with Crippen molar-refractivity contribution < 1.29 is 9.90 Å². The van der Waals surface area contributed by atoms with Gasteiger partial charge in [0.25, 0.3) is 5.91 Å². The minimum Gasteiger partial charge on any atom is -0.507 e. The lowest BCUT2D eigenvalue weighted by Crippen LogP contribution is -2.31. The Hall–Kier alpha value is -1.51. The molecule has 0 saturated carbocycles. The van der Waals surface area contributed by atoms with E-state index in [1.165, 1.54) is 0 Å². The second kappa shape index (κ2) is 4.63. The van der Waals surface area contributed by atoms with Crippen molar-refractivity contribution in [3.05, 3.63) is 29.8 Å². The molecular weight excluding hydrogens is 226 g/mol. The van der Waals surface area contributed by atoms with Crippen LogP contribution >= 0.6 is 0 Å². The molecule has 1 unspecified atom stereocenters. The summed E-state index contributed by atoms with van der Waals surface area (Å²) >= 11 is 0. The van der Waals surface area contributed by atoms with Crippen molar-refractivity contribution in [3.63, 3.8) is 0 Å². The average molecular weight is 247 g/mol. The summed E-state index contributed by atoms with van der Waals surface area (Å²) in [5.74, 6) is 0.550. The van der Waals surface area contributed by atoms with Gasteiger partial charge in [0.2, 0.25) is 0 Å². The third-order valence-electron chi connectivity index (χ3n) is 3.83. The van der Waals surface area contributed by atoms with E-state index in [0.29, 0.717) is 11.5 Å². The summed E-state index contributed by atoms with van der Waals surface area (Å²) in [6.07, 6.45) is 1.04. The Morgan fingerprint density at radius 2 is 2.00 bits per heavy atom. The van der Waals surface area contributed by atoms with Gasteiger partial charge in [-0.15, -0.1) is 0 Å². The molecule has 1 aromatic carbocycles. The number of benzene rings is 1. The predicted octanol–water partition coefficient (Wildman–Crippen LogP) is 2.90. The Morgan fingerprint density at radius 1 is 1.33 bits per heavy atom. The molecule has 0 bridgehead atoms. The van der Waals surface area contributed by atoms with Crippen LogP contribution in [0.4, 0.5) is 0 Å². The van der Waals surface area contributed by atoms with Gasteiger partial charge in [-0.2, -0.15) is 0 Å². The number of carbonyl (C=O) groups excluding carboxylic acids is 1. The molecule has 0 spiro atoms. The van der Waals surface area contributed by atoms with Gasteiger partial charge in [0.1, 0.15) is 5.75 Å². The summed E-state index contributed by atoms with van der Waals surface area (Å²) in [5.41, 5.74) is 0.639. The van der Waals surface area contributed by atoms with Crippen LogP contribution in [0.15, 0.2) is 24.3 Å². The molecule has 1 aliphatic heterocycles. The van der Waals surface area contributed by atoms with Crippen LogP contribution in [0.25, 0.3) is 0 Å². The van der Waals surface area contributed by atoms with E-state index in [2.05, 4.69) is 20.8 Å². The first kappa shape index (κ1) is 12.9. The first-order chi connectivity index (χ1) is 8.39. The molecular formula is C15H21NO2. The number of carbonyl (C=O) groups is 1. The van der Waals surface area contributed by atoms with Gasteiger partial charge < -0.3 is 10.0 Å². The lowest BCUT2D eigenvalue weighted by atomic mass is 9.80. The third kappa shape index (κ3) is 2.50. The number of nitrogens with zero attached hydrogens (tertiary/aromatic N) is 1. The van der Waals surface area contributed by atoms with Gasteiger partial charge in [0.15, 0.2) is 0 Å². The largest absolute Gasteiger partial charge is 0.507 e. The Labute approximate surface area is 108 Å². The Balaban J connectivity index is 2.11. The summed E-state index contributed by atoms with van der Waals surface area (Å²) in [4.78, 5) is 14.2. The highest BCUT2D eigenvalue weighted by molar-refractivity contribution is 5.96. The zero-order valence-corrected chi connectivity index (χ0v) is 11.3. The highest BCUT2D eigenvalue weighted by atomic mass is 16.3. The van der Waals surface area contributed by atoms with E-state index < -0.39 is 0 Å². The van der Waals surface area contributed by atoms with Crippen LogP contribution in [-0.2, 0) is 0 Å². The minimum atomic E-state index is -0.0557. The van der Waals surface area contributed by atoms with Gasteiger partial charge in [-0.25, -0.2) is 0 Å². The van der Waals surface area contributed by atoms with E-state index in [1.807, 2.05) is 4.90 Å². The number of para-hydroxylation sites is 1. The summed E-state index contributed by atoms with van der Waals surface area (Å²) in [5, 5.41) is 9.72. The zero-order chi connectivity index (χ0) is 13.3. The number of phenolic OH excluding ortho intramolecular Hbond substituents is 1. The molecule has 0 radical (unpaired) electrons. The highest BCUT2D eigenvalue weighted by Crippen LogP contribution is 2.34. The number of rotatable bonds is 1. The van der Waals surface area contributed by atoms with Crippen LogP contribution in [-0.4, -0.2) is 29.0 Å². The molecule has 1 fully saturated rings. The fourth-order valence-electron chi connectivity index (χ4n) is 2.48. The fourth-order valence-corrected chi connectivity index (χ4v) is 2.48. The van der Waals surface area contributed by atoms with E-state index in [9.17, 15) is 9.90 Å². The normalized spacial score (nSPS) is 20.2. The summed E-state index contributed by atoms with van der Waals surface area (Å²) in [6, 6.07) is 6.75. The molecule has 1 atom stereocenters. The smallest absolute Gasteiger partial charge is 0.257 e. The molecule has 1 amide bonds. The molecule has 0 aromatic heterocycles. The van der Waals surface area contributed by atoms with E-state index in [0.717, 1.165) is 19.5 Å². The molecule has 0 aliphatic carbocycles. The van der Waals surface area contributed by atoms with Gasteiger partial charge in [-0.3, -0.25) is 4.79 Å². The summed E-state index contributed by atoms with van der Waals surface area (Å²) < 4.78 is 0. The van der Waals surface area contributed by atoms with Crippen molar-refractivity contribution in [1.29, 1.82) is 0 Å². The summed E-state index contributed by atoms with van der Waals surface area (Å²) in [6.45, 7) is 8.22. The van der Waals surface area contributed by atoms with Crippen LogP contribution < -0.4 is 0 Å². The maximum absolute atomic E-state index is 12.3. The molecule has 98 valence electrons. The zero-order valence-electron chi connectivity index (χ0n) is 11.3. The molecule has 2 rings (SSSR count). The van der Waals surface area contributed by atoms with Crippen LogP contribution in [0.2, 0.25) is 0 Å². The SMILES string of the molecule is CC(C)(C)C1CCN(C(=O)c2ccccc2O)C1.